The normalized spacial score (nSPS) is 11.6. The first-order valence-corrected chi connectivity index (χ1v) is 14.1. The number of carbonyl (C=O) groups is 1. The molecule has 10 nitrogen and oxygen atoms in total. The molecule has 0 aliphatic carbocycles. The maximum Gasteiger partial charge on any atom is 0.263 e. The third-order valence-electron chi connectivity index (χ3n) is 6.05. The van der Waals surface area contributed by atoms with Crippen LogP contribution in [0, 0.1) is 0 Å². The number of thiophene rings is 1. The smallest absolute Gasteiger partial charge is 0.263 e. The van der Waals surface area contributed by atoms with Crippen LogP contribution in [0.4, 0.5) is 5.69 Å². The Morgan fingerprint density at radius 2 is 1.74 bits per heavy atom. The Balaban J connectivity index is 1.56. The van der Waals surface area contributed by atoms with Gasteiger partial charge in [-0.2, -0.15) is 4.31 Å². The third-order valence-corrected chi connectivity index (χ3v) is 9.00. The average Bonchev–Trinajstić information content (AvgIpc) is 3.35. The highest BCUT2D eigenvalue weighted by Gasteiger charge is 2.21. The van der Waals surface area contributed by atoms with Crippen molar-refractivity contribution in [1.29, 1.82) is 0 Å². The number of benzene rings is 2. The molecular weight excluding hydrogens is 528 g/mol. The molecule has 1 amide bonds. The molecule has 0 saturated heterocycles. The molecule has 1 N–H and O–H groups in total. The van der Waals surface area contributed by atoms with Crippen molar-refractivity contribution in [2.45, 2.75) is 25.3 Å². The number of fused-ring (bicyclic) bond motifs is 1. The maximum absolute atomic E-state index is 13.3. The molecule has 0 spiro atoms. The predicted octanol–water partition coefficient (Wildman–Crippen LogP) is 3.81. The summed E-state index contributed by atoms with van der Waals surface area (Å²) < 4.78 is 38.6. The summed E-state index contributed by atoms with van der Waals surface area (Å²) in [7, 11) is -0.509. The van der Waals surface area contributed by atoms with Crippen molar-refractivity contribution in [2.24, 2.45) is 0 Å². The van der Waals surface area contributed by atoms with Crippen LogP contribution < -0.4 is 20.3 Å². The summed E-state index contributed by atoms with van der Waals surface area (Å²) >= 11 is 1.34. The van der Waals surface area contributed by atoms with Gasteiger partial charge in [0.25, 0.3) is 5.56 Å². The van der Waals surface area contributed by atoms with E-state index in [4.69, 9.17) is 9.47 Å². The van der Waals surface area contributed by atoms with Crippen LogP contribution in [0.5, 0.6) is 11.5 Å². The van der Waals surface area contributed by atoms with Gasteiger partial charge in [-0.05, 0) is 42.0 Å². The van der Waals surface area contributed by atoms with Gasteiger partial charge in [0.05, 0.1) is 30.8 Å². The van der Waals surface area contributed by atoms with E-state index in [1.165, 1.54) is 57.9 Å². The van der Waals surface area contributed by atoms with E-state index in [0.717, 1.165) is 5.56 Å². The molecule has 4 aromatic rings. The molecule has 0 aliphatic rings. The lowest BCUT2D eigenvalue weighted by molar-refractivity contribution is -0.116. The van der Waals surface area contributed by atoms with E-state index >= 15 is 0 Å². The van der Waals surface area contributed by atoms with E-state index in [0.29, 0.717) is 46.1 Å². The van der Waals surface area contributed by atoms with Crippen molar-refractivity contribution in [3.63, 3.8) is 0 Å². The Hall–Kier alpha value is -3.74. The van der Waals surface area contributed by atoms with Crippen molar-refractivity contribution in [2.75, 3.05) is 32.6 Å². The Labute approximate surface area is 224 Å². The lowest BCUT2D eigenvalue weighted by Gasteiger charge is -2.18. The van der Waals surface area contributed by atoms with Gasteiger partial charge in [-0.25, -0.2) is 13.4 Å². The second-order valence-corrected chi connectivity index (χ2v) is 11.0. The van der Waals surface area contributed by atoms with E-state index in [2.05, 4.69) is 10.3 Å². The number of carbonyl (C=O) groups excluding carboxylic acids is 1. The highest BCUT2D eigenvalue weighted by atomic mass is 32.2. The molecule has 0 fully saturated rings. The number of amides is 1. The number of ether oxygens (including phenoxy) is 2. The Morgan fingerprint density at radius 3 is 2.37 bits per heavy atom. The molecule has 0 radical (unpaired) electrons. The van der Waals surface area contributed by atoms with Gasteiger partial charge in [0.15, 0.2) is 11.5 Å². The number of hydrogen-bond acceptors (Lipinski definition) is 8. The number of sulfonamides is 1. The highest BCUT2D eigenvalue weighted by molar-refractivity contribution is 7.89. The molecule has 38 heavy (non-hydrogen) atoms. The number of anilines is 1. The van der Waals surface area contributed by atoms with Gasteiger partial charge in [0, 0.05) is 29.7 Å². The zero-order chi connectivity index (χ0) is 27.4. The van der Waals surface area contributed by atoms with Crippen LogP contribution in [0.3, 0.4) is 0 Å². The number of nitrogens with zero attached hydrogens (tertiary/aromatic N) is 3. The van der Waals surface area contributed by atoms with Crippen LogP contribution >= 0.6 is 11.3 Å². The van der Waals surface area contributed by atoms with Crippen LogP contribution in [0.25, 0.3) is 21.3 Å². The zero-order valence-electron chi connectivity index (χ0n) is 21.4. The third kappa shape index (κ3) is 5.28. The topological polar surface area (TPSA) is 120 Å². The monoisotopic (exact) mass is 556 g/mol. The van der Waals surface area contributed by atoms with Gasteiger partial charge in [0.2, 0.25) is 15.9 Å². The first-order valence-electron chi connectivity index (χ1n) is 11.8. The Morgan fingerprint density at radius 1 is 1.05 bits per heavy atom. The second kappa shape index (κ2) is 11.3. The zero-order valence-corrected chi connectivity index (χ0v) is 23.1. The molecule has 12 heteroatoms. The molecule has 4 rings (SSSR count). The van der Waals surface area contributed by atoms with E-state index in [1.54, 1.807) is 33.1 Å². The lowest BCUT2D eigenvalue weighted by atomic mass is 10.1. The van der Waals surface area contributed by atoms with E-state index in [1.807, 2.05) is 11.4 Å². The van der Waals surface area contributed by atoms with Crippen molar-refractivity contribution in [3.8, 4) is 22.6 Å². The fourth-order valence-electron chi connectivity index (χ4n) is 4.07. The van der Waals surface area contributed by atoms with Crippen LogP contribution in [0.2, 0.25) is 0 Å². The van der Waals surface area contributed by atoms with Crippen LogP contribution in [-0.4, -0.2) is 55.5 Å². The first kappa shape index (κ1) is 27.3. The molecule has 0 bridgehead atoms. The summed E-state index contributed by atoms with van der Waals surface area (Å²) in [5.41, 5.74) is 1.51. The molecule has 0 unspecified atom stereocenters. The highest BCUT2D eigenvalue weighted by Crippen LogP contribution is 2.36. The largest absolute Gasteiger partial charge is 0.493 e. The predicted molar refractivity (Wildman–Crippen MR) is 148 cm³/mol. The average molecular weight is 557 g/mol. The van der Waals surface area contributed by atoms with Crippen molar-refractivity contribution in [3.05, 3.63) is 64.5 Å². The molecule has 2 heterocycles. The van der Waals surface area contributed by atoms with E-state index in [-0.39, 0.29) is 17.0 Å². The minimum atomic E-state index is -3.60. The van der Waals surface area contributed by atoms with Gasteiger partial charge in [0.1, 0.15) is 11.4 Å². The van der Waals surface area contributed by atoms with Gasteiger partial charge in [-0.15, -0.1) is 11.3 Å². The summed E-state index contributed by atoms with van der Waals surface area (Å²) in [6, 6.07) is 11.3. The fourth-order valence-corrected chi connectivity index (χ4v) is 6.44. The lowest BCUT2D eigenvalue weighted by Crippen LogP contribution is -2.30. The summed E-state index contributed by atoms with van der Waals surface area (Å²) in [6.45, 7) is 4.01. The molecule has 2 aromatic carbocycles. The second-order valence-electron chi connectivity index (χ2n) is 8.24. The fraction of sp³-hybridized carbons (Fsp3) is 0.269. The van der Waals surface area contributed by atoms with Crippen molar-refractivity contribution in [1.82, 2.24) is 13.9 Å². The van der Waals surface area contributed by atoms with Crippen molar-refractivity contribution < 1.29 is 22.7 Å². The maximum atomic E-state index is 13.3. The molecule has 2 aromatic heterocycles. The molecule has 0 saturated carbocycles. The van der Waals surface area contributed by atoms with Crippen LogP contribution in [-0.2, 0) is 21.4 Å². The first-order chi connectivity index (χ1) is 18.2. The van der Waals surface area contributed by atoms with Gasteiger partial charge in [-0.1, -0.05) is 19.9 Å². The number of aromatic nitrogens is 2. The standard InChI is InChI=1S/C26H28N4O6S2/c1-5-30(6-2)38(33,34)19-10-8-18(9-11-19)28-23(31)14-29-16-27-25-24(26(29)32)20(15-37-25)17-7-12-21(35-3)22(13-17)36-4/h7-13,15-16H,5-6,14H2,1-4H3,(H,28,31). The SMILES string of the molecule is CCN(CC)S(=O)(=O)c1ccc(NC(=O)Cn2cnc3scc(-c4ccc(OC)c(OC)c4)c3c2=O)cc1. The number of hydrogen-bond donors (Lipinski definition) is 1. The number of nitrogens with one attached hydrogen (secondary N) is 1. The minimum absolute atomic E-state index is 0.144. The van der Waals surface area contributed by atoms with E-state index in [9.17, 15) is 18.0 Å². The minimum Gasteiger partial charge on any atom is -0.493 e. The summed E-state index contributed by atoms with van der Waals surface area (Å²) in [5, 5.41) is 4.96. The van der Waals surface area contributed by atoms with Gasteiger partial charge in [-0.3, -0.25) is 14.2 Å². The van der Waals surface area contributed by atoms with Gasteiger partial charge < -0.3 is 14.8 Å². The number of methoxy groups -OCH3 is 2. The molecule has 200 valence electrons. The Kier molecular flexibility index (Phi) is 8.14. The van der Waals surface area contributed by atoms with Crippen LogP contribution in [0.1, 0.15) is 13.8 Å². The summed E-state index contributed by atoms with van der Waals surface area (Å²) in [6.07, 6.45) is 1.35. The van der Waals surface area contributed by atoms with E-state index < -0.39 is 15.9 Å². The van der Waals surface area contributed by atoms with Crippen LogP contribution in [0.15, 0.2) is 63.9 Å². The molecule has 0 aliphatic heterocycles. The molecule has 0 atom stereocenters. The quantitative estimate of drug-likeness (QED) is 0.315. The molecular formula is C26H28N4O6S2. The van der Waals surface area contributed by atoms with Gasteiger partial charge >= 0.3 is 0 Å². The Bertz CT molecular complexity index is 1620. The summed E-state index contributed by atoms with van der Waals surface area (Å²) in [5.74, 6) is 0.654. The van der Waals surface area contributed by atoms with Crippen molar-refractivity contribution >= 4 is 43.2 Å². The number of rotatable bonds is 10. The summed E-state index contributed by atoms with van der Waals surface area (Å²) in [4.78, 5) is 31.2.